The number of urea groups is 1. The average molecular weight is 318 g/mol. The van der Waals surface area contributed by atoms with Crippen LogP contribution in [0.25, 0.3) is 0 Å². The van der Waals surface area contributed by atoms with E-state index < -0.39 is 5.97 Å². The van der Waals surface area contributed by atoms with Gasteiger partial charge in [-0.3, -0.25) is 4.79 Å². The highest BCUT2D eigenvalue weighted by Crippen LogP contribution is 2.36. The topological polar surface area (TPSA) is 78.9 Å². The van der Waals surface area contributed by atoms with E-state index in [0.29, 0.717) is 25.9 Å². The van der Waals surface area contributed by atoms with Crippen molar-refractivity contribution in [2.45, 2.75) is 31.7 Å². The number of likely N-dealkylation sites (tertiary alicyclic amines) is 1. The van der Waals surface area contributed by atoms with Crippen molar-refractivity contribution in [3.8, 4) is 5.75 Å². The van der Waals surface area contributed by atoms with Crippen LogP contribution in [0.2, 0.25) is 0 Å². The number of rotatable bonds is 3. The molecule has 6 heteroatoms. The number of hydrogen-bond acceptors (Lipinski definition) is 3. The molecule has 1 aliphatic heterocycles. The van der Waals surface area contributed by atoms with Gasteiger partial charge in [0.1, 0.15) is 5.75 Å². The first-order valence-corrected chi connectivity index (χ1v) is 8.04. The number of aliphatic carboxylic acids is 1. The van der Waals surface area contributed by atoms with Gasteiger partial charge < -0.3 is 20.1 Å². The lowest BCUT2D eigenvalue weighted by molar-refractivity contribution is -0.143. The standard InChI is InChI=1S/C17H22N2O4/c1-23-15-4-2-3-12-13(15)5-6-14(12)18-17(22)19-9-7-11(8-10-19)16(20)21/h2-4,11,14H,5-10H2,1H3,(H,18,22)(H,20,21). The van der Waals surface area contributed by atoms with Gasteiger partial charge in [-0.05, 0) is 42.9 Å². The summed E-state index contributed by atoms with van der Waals surface area (Å²) in [6, 6.07) is 5.83. The number of fused-ring (bicyclic) bond motifs is 1. The van der Waals surface area contributed by atoms with E-state index in [1.165, 1.54) is 5.56 Å². The minimum absolute atomic E-state index is 0.00444. The van der Waals surface area contributed by atoms with Crippen LogP contribution in [-0.2, 0) is 11.2 Å². The molecule has 0 aromatic heterocycles. The molecule has 1 saturated heterocycles. The summed E-state index contributed by atoms with van der Waals surface area (Å²) < 4.78 is 5.38. The molecule has 1 heterocycles. The van der Waals surface area contributed by atoms with Crippen molar-refractivity contribution in [2.75, 3.05) is 20.2 Å². The second-order valence-corrected chi connectivity index (χ2v) is 6.17. The van der Waals surface area contributed by atoms with Gasteiger partial charge in [-0.2, -0.15) is 0 Å². The van der Waals surface area contributed by atoms with E-state index in [1.807, 2.05) is 18.2 Å². The van der Waals surface area contributed by atoms with Gasteiger partial charge in [-0.15, -0.1) is 0 Å². The Hall–Kier alpha value is -2.24. The van der Waals surface area contributed by atoms with E-state index in [4.69, 9.17) is 9.84 Å². The fourth-order valence-electron chi connectivity index (χ4n) is 3.53. The van der Waals surface area contributed by atoms with E-state index in [9.17, 15) is 9.59 Å². The predicted molar refractivity (Wildman–Crippen MR) is 84.5 cm³/mol. The summed E-state index contributed by atoms with van der Waals surface area (Å²) in [5.41, 5.74) is 2.29. The fourth-order valence-corrected chi connectivity index (χ4v) is 3.53. The lowest BCUT2D eigenvalue weighted by Crippen LogP contribution is -2.46. The highest BCUT2D eigenvalue weighted by molar-refractivity contribution is 5.76. The minimum atomic E-state index is -0.762. The molecule has 124 valence electrons. The fraction of sp³-hybridized carbons (Fsp3) is 0.529. The number of carbonyl (C=O) groups is 2. The Bertz CT molecular complexity index is 609. The van der Waals surface area contributed by atoms with Crippen LogP contribution in [0.15, 0.2) is 18.2 Å². The van der Waals surface area contributed by atoms with Gasteiger partial charge in [0.15, 0.2) is 0 Å². The van der Waals surface area contributed by atoms with Gasteiger partial charge in [-0.1, -0.05) is 12.1 Å². The molecule has 1 unspecified atom stereocenters. The van der Waals surface area contributed by atoms with Crippen LogP contribution in [0, 0.1) is 5.92 Å². The summed E-state index contributed by atoms with van der Waals surface area (Å²) in [6.07, 6.45) is 2.81. The van der Waals surface area contributed by atoms with Crippen molar-refractivity contribution in [1.29, 1.82) is 0 Å². The number of nitrogens with one attached hydrogen (secondary N) is 1. The van der Waals surface area contributed by atoms with E-state index in [1.54, 1.807) is 12.0 Å². The summed E-state index contributed by atoms with van der Waals surface area (Å²) >= 11 is 0. The van der Waals surface area contributed by atoms with E-state index >= 15 is 0 Å². The average Bonchev–Trinajstić information content (AvgIpc) is 2.98. The molecule has 1 fully saturated rings. The number of methoxy groups -OCH3 is 1. The minimum Gasteiger partial charge on any atom is -0.496 e. The second-order valence-electron chi connectivity index (χ2n) is 6.17. The Morgan fingerprint density at radius 3 is 2.65 bits per heavy atom. The van der Waals surface area contributed by atoms with Gasteiger partial charge >= 0.3 is 12.0 Å². The maximum Gasteiger partial charge on any atom is 0.317 e. The van der Waals surface area contributed by atoms with Crippen LogP contribution in [0.5, 0.6) is 5.75 Å². The van der Waals surface area contributed by atoms with Crippen LogP contribution >= 0.6 is 0 Å². The van der Waals surface area contributed by atoms with Crippen LogP contribution < -0.4 is 10.1 Å². The molecular formula is C17H22N2O4. The molecule has 6 nitrogen and oxygen atoms in total. The number of amides is 2. The van der Waals surface area contributed by atoms with Crippen molar-refractivity contribution >= 4 is 12.0 Å². The second kappa shape index (κ2) is 6.48. The molecule has 3 rings (SSSR count). The summed E-state index contributed by atoms with van der Waals surface area (Å²) in [5.74, 6) is -0.209. The van der Waals surface area contributed by atoms with Crippen LogP contribution in [-0.4, -0.2) is 42.2 Å². The summed E-state index contributed by atoms with van der Waals surface area (Å²) in [6.45, 7) is 1.00. The normalized spacial score (nSPS) is 20.9. The zero-order valence-corrected chi connectivity index (χ0v) is 13.2. The predicted octanol–water partition coefficient (Wildman–Crippen LogP) is 2.19. The number of hydrogen-bond donors (Lipinski definition) is 2. The first-order valence-electron chi connectivity index (χ1n) is 8.04. The summed E-state index contributed by atoms with van der Waals surface area (Å²) in [5, 5.41) is 12.1. The van der Waals surface area contributed by atoms with Gasteiger partial charge in [0.2, 0.25) is 0 Å². The molecule has 1 aromatic rings. The van der Waals surface area contributed by atoms with Gasteiger partial charge in [0.05, 0.1) is 19.1 Å². The van der Waals surface area contributed by atoms with Crippen LogP contribution in [0.3, 0.4) is 0 Å². The molecule has 0 spiro atoms. The number of ether oxygens (including phenoxy) is 1. The highest BCUT2D eigenvalue weighted by atomic mass is 16.5. The van der Waals surface area contributed by atoms with Crippen molar-refractivity contribution in [3.63, 3.8) is 0 Å². The third kappa shape index (κ3) is 3.11. The Morgan fingerprint density at radius 2 is 2.00 bits per heavy atom. The molecule has 2 aliphatic rings. The van der Waals surface area contributed by atoms with E-state index in [0.717, 1.165) is 24.2 Å². The first kappa shape index (κ1) is 15.6. The molecule has 0 radical (unpaired) electrons. The maximum atomic E-state index is 12.4. The monoisotopic (exact) mass is 318 g/mol. The smallest absolute Gasteiger partial charge is 0.317 e. The van der Waals surface area contributed by atoms with Gasteiger partial charge in [0.25, 0.3) is 0 Å². The first-order chi connectivity index (χ1) is 11.1. The molecule has 23 heavy (non-hydrogen) atoms. The SMILES string of the molecule is COc1cccc2c1CCC2NC(=O)N1CCC(C(=O)O)CC1. The molecule has 1 atom stereocenters. The Kier molecular flexibility index (Phi) is 4.41. The van der Waals surface area contributed by atoms with Gasteiger partial charge in [0, 0.05) is 13.1 Å². The van der Waals surface area contributed by atoms with Crippen molar-refractivity contribution in [3.05, 3.63) is 29.3 Å². The van der Waals surface area contributed by atoms with E-state index in [-0.39, 0.29) is 18.0 Å². The third-order valence-corrected chi connectivity index (χ3v) is 4.88. The maximum absolute atomic E-state index is 12.4. The Labute approximate surface area is 135 Å². The Balaban J connectivity index is 1.62. The largest absolute Gasteiger partial charge is 0.496 e. The summed E-state index contributed by atoms with van der Waals surface area (Å²) in [4.78, 5) is 25.1. The lowest BCUT2D eigenvalue weighted by Gasteiger charge is -2.31. The number of carbonyl (C=O) groups excluding carboxylic acids is 1. The Morgan fingerprint density at radius 1 is 1.26 bits per heavy atom. The quantitative estimate of drug-likeness (QED) is 0.895. The lowest BCUT2D eigenvalue weighted by atomic mass is 9.97. The highest BCUT2D eigenvalue weighted by Gasteiger charge is 2.30. The zero-order chi connectivity index (χ0) is 16.4. The number of benzene rings is 1. The van der Waals surface area contributed by atoms with Crippen LogP contribution in [0.1, 0.15) is 36.4 Å². The molecule has 2 amide bonds. The number of carboxylic acid groups (broad SMARTS) is 1. The molecule has 1 aromatic carbocycles. The van der Waals surface area contributed by atoms with Crippen molar-refractivity contribution < 1.29 is 19.4 Å². The third-order valence-electron chi connectivity index (χ3n) is 4.88. The number of piperidine rings is 1. The van der Waals surface area contributed by atoms with Crippen molar-refractivity contribution in [2.24, 2.45) is 5.92 Å². The van der Waals surface area contributed by atoms with Crippen LogP contribution in [0.4, 0.5) is 4.79 Å². The van der Waals surface area contributed by atoms with E-state index in [2.05, 4.69) is 5.32 Å². The molecule has 1 aliphatic carbocycles. The molecule has 0 saturated carbocycles. The molecule has 2 N–H and O–H groups in total. The number of carboxylic acids is 1. The van der Waals surface area contributed by atoms with Gasteiger partial charge in [-0.25, -0.2) is 4.79 Å². The zero-order valence-electron chi connectivity index (χ0n) is 13.2. The number of nitrogens with zero attached hydrogens (tertiary/aromatic N) is 1. The molecule has 0 bridgehead atoms. The van der Waals surface area contributed by atoms with Crippen molar-refractivity contribution in [1.82, 2.24) is 10.2 Å². The summed E-state index contributed by atoms with van der Waals surface area (Å²) in [7, 11) is 1.66. The molecular weight excluding hydrogens is 296 g/mol.